The molecule has 3 rings (SSSR count). The van der Waals surface area contributed by atoms with E-state index in [0.717, 1.165) is 22.3 Å². The van der Waals surface area contributed by atoms with E-state index in [9.17, 15) is 14.7 Å². The Morgan fingerprint density at radius 1 is 1.07 bits per heavy atom. The van der Waals surface area contributed by atoms with E-state index in [4.69, 9.17) is 23.2 Å². The predicted molar refractivity (Wildman–Crippen MR) is 106 cm³/mol. The first kappa shape index (κ1) is 19.5. The van der Waals surface area contributed by atoms with Crippen LogP contribution in [-0.2, 0) is 17.6 Å². The van der Waals surface area contributed by atoms with Crippen LogP contribution in [0.25, 0.3) is 0 Å². The van der Waals surface area contributed by atoms with Gasteiger partial charge in [-0.3, -0.25) is 10.1 Å². The Labute approximate surface area is 167 Å². The van der Waals surface area contributed by atoms with Gasteiger partial charge in [0.2, 0.25) is 0 Å². The van der Waals surface area contributed by atoms with Crippen LogP contribution in [-0.4, -0.2) is 23.1 Å². The molecule has 0 saturated carbocycles. The molecule has 7 heteroatoms. The fourth-order valence-electron chi connectivity index (χ4n) is 3.16. The fourth-order valence-corrected chi connectivity index (χ4v) is 3.83. The van der Waals surface area contributed by atoms with Crippen LogP contribution in [0.2, 0.25) is 10.0 Å². The molecule has 1 unspecified atom stereocenters. The van der Waals surface area contributed by atoms with Gasteiger partial charge in [0.25, 0.3) is 5.91 Å². The van der Waals surface area contributed by atoms with E-state index in [2.05, 4.69) is 10.6 Å². The zero-order valence-corrected chi connectivity index (χ0v) is 16.5. The van der Waals surface area contributed by atoms with Gasteiger partial charge in [-0.1, -0.05) is 49.2 Å². The molecule has 1 aliphatic heterocycles. The summed E-state index contributed by atoms with van der Waals surface area (Å²) >= 11 is 12.9. The van der Waals surface area contributed by atoms with Crippen molar-refractivity contribution in [3.8, 4) is 5.75 Å². The molecule has 1 fully saturated rings. The highest BCUT2D eigenvalue weighted by molar-refractivity contribution is 6.36. The van der Waals surface area contributed by atoms with Gasteiger partial charge >= 0.3 is 6.03 Å². The number of amides is 3. The summed E-state index contributed by atoms with van der Waals surface area (Å²) in [4.78, 5) is 22.9. The Morgan fingerprint density at radius 2 is 1.74 bits per heavy atom. The Balaban J connectivity index is 1.82. The summed E-state index contributed by atoms with van der Waals surface area (Å²) in [7, 11) is 0. The van der Waals surface area contributed by atoms with Gasteiger partial charge in [-0.15, -0.1) is 0 Å². The standard InChI is InChI=1S/C20H20Cl2N2O3/c1-10(2)13-5-11(3-4-18(13)25)6-14-15(21)7-12(8-16(14)22)9-17-19(26)24-20(27)23-17/h3-5,7-8,10,17,25H,6,9H2,1-2H3,(H2,23,24,26,27). The number of halogens is 2. The van der Waals surface area contributed by atoms with E-state index < -0.39 is 12.1 Å². The Morgan fingerprint density at radius 3 is 2.30 bits per heavy atom. The highest BCUT2D eigenvalue weighted by Crippen LogP contribution is 2.32. The van der Waals surface area contributed by atoms with Crippen molar-refractivity contribution in [1.29, 1.82) is 0 Å². The summed E-state index contributed by atoms with van der Waals surface area (Å²) in [5, 5.41) is 15.7. The molecule has 1 atom stereocenters. The number of hydrogen-bond donors (Lipinski definition) is 3. The Bertz CT molecular complexity index is 889. The number of phenols is 1. The molecule has 3 amide bonds. The molecule has 2 aromatic rings. The lowest BCUT2D eigenvalue weighted by Crippen LogP contribution is -2.31. The van der Waals surface area contributed by atoms with E-state index >= 15 is 0 Å². The average Bonchev–Trinajstić information content (AvgIpc) is 2.89. The summed E-state index contributed by atoms with van der Waals surface area (Å²) < 4.78 is 0. The third-order valence-corrected chi connectivity index (χ3v) is 5.27. The number of nitrogens with one attached hydrogen (secondary N) is 2. The minimum Gasteiger partial charge on any atom is -0.508 e. The van der Waals surface area contributed by atoms with Crippen molar-refractivity contribution >= 4 is 35.1 Å². The molecular weight excluding hydrogens is 387 g/mol. The number of hydrogen-bond acceptors (Lipinski definition) is 3. The summed E-state index contributed by atoms with van der Waals surface area (Å²) in [6.45, 7) is 4.04. The van der Waals surface area contributed by atoms with Gasteiger partial charge in [-0.05, 0) is 46.4 Å². The zero-order chi connectivity index (χ0) is 19.7. The largest absolute Gasteiger partial charge is 0.508 e. The van der Waals surface area contributed by atoms with Crippen LogP contribution >= 0.6 is 23.2 Å². The van der Waals surface area contributed by atoms with E-state index in [-0.39, 0.29) is 17.6 Å². The molecule has 0 spiro atoms. The van der Waals surface area contributed by atoms with E-state index in [1.165, 1.54) is 0 Å². The second-order valence-electron chi connectivity index (χ2n) is 6.98. The van der Waals surface area contributed by atoms with Crippen LogP contribution in [0, 0.1) is 0 Å². The quantitative estimate of drug-likeness (QED) is 0.652. The molecule has 27 heavy (non-hydrogen) atoms. The normalized spacial score (nSPS) is 16.6. The van der Waals surface area contributed by atoms with Crippen molar-refractivity contribution in [1.82, 2.24) is 10.6 Å². The maximum atomic E-state index is 11.7. The minimum atomic E-state index is -0.624. The first-order valence-corrected chi connectivity index (χ1v) is 9.40. The number of benzene rings is 2. The van der Waals surface area contributed by atoms with Gasteiger partial charge in [0.05, 0.1) is 0 Å². The molecule has 1 saturated heterocycles. The molecule has 5 nitrogen and oxygen atoms in total. The Hall–Kier alpha value is -2.24. The van der Waals surface area contributed by atoms with Gasteiger partial charge in [-0.2, -0.15) is 0 Å². The Kier molecular flexibility index (Phi) is 5.63. The molecule has 0 aliphatic carbocycles. The molecule has 1 aliphatic rings. The third kappa shape index (κ3) is 4.37. The summed E-state index contributed by atoms with van der Waals surface area (Å²) in [5.74, 6) is 0.117. The van der Waals surface area contributed by atoms with Crippen LogP contribution in [0.4, 0.5) is 4.79 Å². The van der Waals surface area contributed by atoms with Gasteiger partial charge in [-0.25, -0.2) is 4.79 Å². The second-order valence-corrected chi connectivity index (χ2v) is 7.80. The zero-order valence-electron chi connectivity index (χ0n) is 15.0. The highest BCUT2D eigenvalue weighted by atomic mass is 35.5. The summed E-state index contributed by atoms with van der Waals surface area (Å²) in [6, 6.07) is 7.91. The predicted octanol–water partition coefficient (Wildman–Crippen LogP) is 4.16. The van der Waals surface area contributed by atoms with Crippen LogP contribution in [0.3, 0.4) is 0 Å². The average molecular weight is 407 g/mol. The minimum absolute atomic E-state index is 0.200. The van der Waals surface area contributed by atoms with Crippen molar-refractivity contribution in [2.24, 2.45) is 0 Å². The lowest BCUT2D eigenvalue weighted by atomic mass is 9.95. The highest BCUT2D eigenvalue weighted by Gasteiger charge is 2.29. The molecule has 3 N–H and O–H groups in total. The molecule has 142 valence electrons. The van der Waals surface area contributed by atoms with Gasteiger partial charge in [0, 0.05) is 22.9 Å². The topological polar surface area (TPSA) is 78.4 Å². The van der Waals surface area contributed by atoms with Crippen LogP contribution in [0.15, 0.2) is 30.3 Å². The van der Waals surface area contributed by atoms with Crippen LogP contribution in [0.5, 0.6) is 5.75 Å². The maximum Gasteiger partial charge on any atom is 0.322 e. The van der Waals surface area contributed by atoms with Crippen LogP contribution in [0.1, 0.15) is 42.0 Å². The molecule has 0 aromatic heterocycles. The lowest BCUT2D eigenvalue weighted by Gasteiger charge is -2.14. The number of urea groups is 1. The third-order valence-electron chi connectivity index (χ3n) is 4.59. The SMILES string of the molecule is CC(C)c1cc(Cc2c(Cl)cc(CC3NC(=O)NC3=O)cc2Cl)ccc1O. The number of aromatic hydroxyl groups is 1. The maximum absolute atomic E-state index is 11.7. The van der Waals surface area contributed by atoms with E-state index in [0.29, 0.717) is 22.9 Å². The first-order chi connectivity index (χ1) is 12.7. The number of imide groups is 1. The van der Waals surface area contributed by atoms with Crippen molar-refractivity contribution in [3.63, 3.8) is 0 Å². The van der Waals surface area contributed by atoms with E-state index in [1.54, 1.807) is 18.2 Å². The number of phenolic OH excluding ortho intramolecular Hbond substituents is 1. The second kappa shape index (κ2) is 7.79. The monoisotopic (exact) mass is 406 g/mol. The summed E-state index contributed by atoms with van der Waals surface area (Å²) in [5.41, 5.74) is 3.42. The fraction of sp³-hybridized carbons (Fsp3) is 0.300. The first-order valence-electron chi connectivity index (χ1n) is 8.64. The lowest BCUT2D eigenvalue weighted by molar-refractivity contribution is -0.120. The van der Waals surface area contributed by atoms with Crippen molar-refractivity contribution < 1.29 is 14.7 Å². The smallest absolute Gasteiger partial charge is 0.322 e. The number of rotatable bonds is 5. The van der Waals surface area contributed by atoms with Crippen molar-refractivity contribution in [2.45, 2.75) is 38.6 Å². The number of carbonyl (C=O) groups excluding carboxylic acids is 2. The van der Waals surface area contributed by atoms with Crippen LogP contribution < -0.4 is 10.6 Å². The van der Waals surface area contributed by atoms with Crippen molar-refractivity contribution in [2.75, 3.05) is 0 Å². The van der Waals surface area contributed by atoms with Gasteiger partial charge < -0.3 is 10.4 Å². The van der Waals surface area contributed by atoms with Crippen molar-refractivity contribution in [3.05, 3.63) is 62.6 Å². The number of carbonyl (C=O) groups is 2. The molecular formula is C20H20Cl2N2O3. The molecule has 0 bridgehead atoms. The molecule has 0 radical (unpaired) electrons. The van der Waals surface area contributed by atoms with E-state index in [1.807, 2.05) is 26.0 Å². The summed E-state index contributed by atoms with van der Waals surface area (Å²) in [6.07, 6.45) is 0.840. The molecule has 2 aromatic carbocycles. The van der Waals surface area contributed by atoms with Gasteiger partial charge in [0.1, 0.15) is 11.8 Å². The molecule has 1 heterocycles. The van der Waals surface area contributed by atoms with Gasteiger partial charge in [0.15, 0.2) is 0 Å².